The van der Waals surface area contributed by atoms with E-state index < -0.39 is 6.04 Å². The van der Waals surface area contributed by atoms with Crippen molar-refractivity contribution in [2.75, 3.05) is 6.54 Å². The maximum absolute atomic E-state index is 13.3. The number of rotatable bonds is 12. The Labute approximate surface area is 198 Å². The minimum Gasteiger partial charge on any atom is -0.354 e. The molecular formula is C27H37ClN2O2. The summed E-state index contributed by atoms with van der Waals surface area (Å²) in [6.45, 7) is 9.41. The van der Waals surface area contributed by atoms with Gasteiger partial charge in [-0.1, -0.05) is 82.1 Å². The first-order valence-corrected chi connectivity index (χ1v) is 12.1. The van der Waals surface area contributed by atoms with Crippen molar-refractivity contribution in [2.45, 2.75) is 78.3 Å². The van der Waals surface area contributed by atoms with Crippen LogP contribution in [0.3, 0.4) is 0 Å². The number of aryl methyl sites for hydroxylation is 1. The van der Waals surface area contributed by atoms with Crippen molar-refractivity contribution in [3.8, 4) is 0 Å². The number of amides is 2. The molecule has 0 unspecified atom stereocenters. The highest BCUT2D eigenvalue weighted by molar-refractivity contribution is 6.30. The van der Waals surface area contributed by atoms with Gasteiger partial charge in [0.15, 0.2) is 0 Å². The molecule has 0 saturated carbocycles. The molecule has 0 bridgehead atoms. The molecular weight excluding hydrogens is 420 g/mol. The fraction of sp³-hybridized carbons (Fsp3) is 0.481. The van der Waals surface area contributed by atoms with E-state index in [1.807, 2.05) is 31.2 Å². The van der Waals surface area contributed by atoms with Crippen molar-refractivity contribution >= 4 is 23.4 Å². The van der Waals surface area contributed by atoms with Crippen molar-refractivity contribution in [1.29, 1.82) is 0 Å². The van der Waals surface area contributed by atoms with Crippen LogP contribution in [0.4, 0.5) is 0 Å². The molecule has 1 N–H and O–H groups in total. The van der Waals surface area contributed by atoms with Gasteiger partial charge in [-0.15, -0.1) is 0 Å². The van der Waals surface area contributed by atoms with Gasteiger partial charge in [0, 0.05) is 24.5 Å². The first-order valence-electron chi connectivity index (χ1n) is 11.8. The second-order valence-electron chi connectivity index (χ2n) is 8.61. The highest BCUT2D eigenvalue weighted by Gasteiger charge is 2.28. The van der Waals surface area contributed by atoms with Crippen LogP contribution in [0.25, 0.3) is 0 Å². The summed E-state index contributed by atoms with van der Waals surface area (Å²) in [5.41, 5.74) is 3.39. The number of hydrogen-bond acceptors (Lipinski definition) is 2. The molecule has 0 spiro atoms. The van der Waals surface area contributed by atoms with Gasteiger partial charge in [0.2, 0.25) is 11.8 Å². The zero-order chi connectivity index (χ0) is 23.5. The zero-order valence-corrected chi connectivity index (χ0v) is 20.6. The fourth-order valence-electron chi connectivity index (χ4n) is 3.68. The molecule has 0 aliphatic rings. The minimum atomic E-state index is -0.488. The molecule has 2 amide bonds. The molecule has 174 valence electrons. The van der Waals surface area contributed by atoms with E-state index in [-0.39, 0.29) is 11.8 Å². The second-order valence-corrected chi connectivity index (χ2v) is 9.05. The summed E-state index contributed by atoms with van der Waals surface area (Å²) in [5, 5.41) is 3.66. The van der Waals surface area contributed by atoms with Crippen LogP contribution < -0.4 is 5.32 Å². The molecule has 5 heteroatoms. The van der Waals surface area contributed by atoms with Crippen LogP contribution in [0.1, 0.15) is 76.0 Å². The number of nitrogens with one attached hydrogen (secondary N) is 1. The lowest BCUT2D eigenvalue weighted by Crippen LogP contribution is -2.49. The predicted octanol–water partition coefficient (Wildman–Crippen LogP) is 6.12. The van der Waals surface area contributed by atoms with Crippen LogP contribution in [0.15, 0.2) is 48.5 Å². The van der Waals surface area contributed by atoms with E-state index in [9.17, 15) is 9.59 Å². The molecule has 0 aliphatic heterocycles. The summed E-state index contributed by atoms with van der Waals surface area (Å²) in [5.74, 6) is 0.395. The molecule has 32 heavy (non-hydrogen) atoms. The third-order valence-electron chi connectivity index (χ3n) is 5.76. The smallest absolute Gasteiger partial charge is 0.242 e. The largest absolute Gasteiger partial charge is 0.354 e. The van der Waals surface area contributed by atoms with Gasteiger partial charge in [0.05, 0.1) is 0 Å². The molecule has 0 saturated heterocycles. The quantitative estimate of drug-likeness (QED) is 0.391. The van der Waals surface area contributed by atoms with E-state index in [0.717, 1.165) is 24.0 Å². The Kier molecular flexibility index (Phi) is 10.8. The average molecular weight is 457 g/mol. The molecule has 0 aliphatic carbocycles. The molecule has 0 fully saturated rings. The molecule has 0 aromatic heterocycles. The van der Waals surface area contributed by atoms with E-state index >= 15 is 0 Å². The van der Waals surface area contributed by atoms with E-state index in [4.69, 9.17) is 11.6 Å². The van der Waals surface area contributed by atoms with Crippen LogP contribution in [-0.2, 0) is 22.6 Å². The van der Waals surface area contributed by atoms with Crippen LogP contribution in [0.5, 0.6) is 0 Å². The van der Waals surface area contributed by atoms with E-state index in [1.165, 1.54) is 5.56 Å². The van der Waals surface area contributed by atoms with Crippen molar-refractivity contribution in [3.63, 3.8) is 0 Å². The monoisotopic (exact) mass is 456 g/mol. The number of halogens is 1. The topological polar surface area (TPSA) is 49.4 Å². The summed E-state index contributed by atoms with van der Waals surface area (Å²) in [7, 11) is 0. The van der Waals surface area contributed by atoms with Gasteiger partial charge in [0.25, 0.3) is 0 Å². The lowest BCUT2D eigenvalue weighted by atomic mass is 10.00. The summed E-state index contributed by atoms with van der Waals surface area (Å²) in [6, 6.07) is 15.4. The normalized spacial score (nSPS) is 11.9. The molecule has 2 aromatic carbocycles. The van der Waals surface area contributed by atoms with Crippen LogP contribution in [0, 0.1) is 0 Å². The lowest BCUT2D eigenvalue weighted by Gasteiger charge is -2.31. The number of hydrogen-bond donors (Lipinski definition) is 1. The number of unbranched alkanes of at least 4 members (excludes halogenated alkanes) is 1. The third-order valence-corrected chi connectivity index (χ3v) is 6.01. The van der Waals surface area contributed by atoms with Gasteiger partial charge in [-0.2, -0.15) is 0 Å². The maximum atomic E-state index is 13.3. The van der Waals surface area contributed by atoms with Crippen molar-refractivity contribution in [2.24, 2.45) is 0 Å². The second kappa shape index (κ2) is 13.3. The Hall–Kier alpha value is -2.33. The summed E-state index contributed by atoms with van der Waals surface area (Å²) >= 11 is 6.03. The van der Waals surface area contributed by atoms with E-state index in [0.29, 0.717) is 43.3 Å². The lowest BCUT2D eigenvalue weighted by molar-refractivity contribution is -0.141. The van der Waals surface area contributed by atoms with Crippen LogP contribution in [-0.4, -0.2) is 29.3 Å². The van der Waals surface area contributed by atoms with Crippen LogP contribution >= 0.6 is 11.6 Å². The van der Waals surface area contributed by atoms with Gasteiger partial charge in [-0.25, -0.2) is 0 Å². The Morgan fingerprint density at radius 3 is 2.16 bits per heavy atom. The van der Waals surface area contributed by atoms with Gasteiger partial charge < -0.3 is 10.2 Å². The van der Waals surface area contributed by atoms with Gasteiger partial charge >= 0.3 is 0 Å². The zero-order valence-electron chi connectivity index (χ0n) is 19.9. The first-order chi connectivity index (χ1) is 15.3. The molecule has 1 atom stereocenters. The molecule has 2 aromatic rings. The summed E-state index contributed by atoms with van der Waals surface area (Å²) in [6.07, 6.45) is 3.54. The Balaban J connectivity index is 2.14. The Bertz CT molecular complexity index is 847. The predicted molar refractivity (Wildman–Crippen MR) is 133 cm³/mol. The standard InChI is InChI=1S/C27H37ClN2O2/c1-5-7-18-29-27(32)25(6-2)30(19-22-10-15-24(28)16-11-22)26(31)17-12-21-8-13-23(14-9-21)20(3)4/h8-11,13-16,20,25H,5-7,12,17-19H2,1-4H3,(H,29,32)/t25-/m0/s1. The van der Waals surface area contributed by atoms with Gasteiger partial charge in [-0.05, 0) is 54.0 Å². The fourth-order valence-corrected chi connectivity index (χ4v) is 3.80. The SMILES string of the molecule is CCCCNC(=O)[C@H](CC)N(Cc1ccc(Cl)cc1)C(=O)CCc1ccc(C(C)C)cc1. The van der Waals surface area contributed by atoms with Crippen molar-refractivity contribution in [1.82, 2.24) is 10.2 Å². The molecule has 2 rings (SSSR count). The van der Waals surface area contributed by atoms with Crippen LogP contribution in [0.2, 0.25) is 5.02 Å². The van der Waals surface area contributed by atoms with E-state index in [1.54, 1.807) is 4.90 Å². The maximum Gasteiger partial charge on any atom is 0.242 e. The van der Waals surface area contributed by atoms with E-state index in [2.05, 4.69) is 50.4 Å². The van der Waals surface area contributed by atoms with Gasteiger partial charge in [-0.3, -0.25) is 9.59 Å². The summed E-state index contributed by atoms with van der Waals surface area (Å²) < 4.78 is 0. The Morgan fingerprint density at radius 2 is 1.59 bits per heavy atom. The summed E-state index contributed by atoms with van der Waals surface area (Å²) in [4.78, 5) is 27.9. The third kappa shape index (κ3) is 7.98. The molecule has 0 radical (unpaired) electrons. The number of carbonyl (C=O) groups is 2. The van der Waals surface area contributed by atoms with Gasteiger partial charge in [0.1, 0.15) is 6.04 Å². The molecule has 4 nitrogen and oxygen atoms in total. The van der Waals surface area contributed by atoms with Crippen molar-refractivity contribution in [3.05, 3.63) is 70.2 Å². The first kappa shape index (κ1) is 25.9. The Morgan fingerprint density at radius 1 is 0.969 bits per heavy atom. The highest BCUT2D eigenvalue weighted by Crippen LogP contribution is 2.19. The highest BCUT2D eigenvalue weighted by atomic mass is 35.5. The number of benzene rings is 2. The molecule has 0 heterocycles. The number of carbonyl (C=O) groups excluding carboxylic acids is 2. The minimum absolute atomic E-state index is 0.00891. The average Bonchev–Trinajstić information content (AvgIpc) is 2.79. The van der Waals surface area contributed by atoms with Crippen molar-refractivity contribution < 1.29 is 9.59 Å². The number of nitrogens with zero attached hydrogens (tertiary/aromatic N) is 1.